The Bertz CT molecular complexity index is 1540. The number of halogens is 2. The Morgan fingerprint density at radius 2 is 1.33 bits per heavy atom. The molecule has 0 bridgehead atoms. The van der Waals surface area contributed by atoms with Crippen molar-refractivity contribution in [1.29, 1.82) is 0 Å². The smallest absolute Gasteiger partial charge is 0.300 e. The molecule has 0 spiro atoms. The van der Waals surface area contributed by atoms with Crippen molar-refractivity contribution in [1.82, 2.24) is 5.32 Å². The van der Waals surface area contributed by atoms with E-state index in [1.54, 1.807) is 0 Å². The summed E-state index contributed by atoms with van der Waals surface area (Å²) in [5, 5.41) is 2.60. The molecule has 1 aliphatic heterocycles. The van der Waals surface area contributed by atoms with Crippen LogP contribution in [0.2, 0.25) is 0 Å². The molecular formula is C30H20Br2N2OS. The van der Waals surface area contributed by atoms with Crippen LogP contribution in [0, 0.1) is 6.92 Å². The first-order chi connectivity index (χ1) is 17.4. The highest BCUT2D eigenvalue weighted by molar-refractivity contribution is 9.10. The maximum atomic E-state index is 11.9. The third-order valence-electron chi connectivity index (χ3n) is 7.01. The van der Waals surface area contributed by atoms with E-state index in [4.69, 9.17) is 12.2 Å². The van der Waals surface area contributed by atoms with Crippen LogP contribution in [0.1, 0.15) is 39.8 Å². The summed E-state index contributed by atoms with van der Waals surface area (Å²) in [4.78, 5) is 16.6. The fraction of sp³-hybridized carbons (Fsp3) is 0.100. The monoisotopic (exact) mass is 614 g/mol. The first-order valence-electron chi connectivity index (χ1n) is 11.6. The van der Waals surface area contributed by atoms with Crippen molar-refractivity contribution in [2.75, 3.05) is 0 Å². The molecule has 4 aromatic carbocycles. The Labute approximate surface area is 231 Å². The van der Waals surface area contributed by atoms with Gasteiger partial charge in [-0.15, -0.1) is 0 Å². The Morgan fingerprint density at radius 1 is 0.806 bits per heavy atom. The first-order valence-corrected chi connectivity index (χ1v) is 13.6. The highest BCUT2D eigenvalue weighted by Crippen LogP contribution is 2.57. The normalized spacial score (nSPS) is 15.7. The van der Waals surface area contributed by atoms with Crippen LogP contribution in [0.4, 0.5) is 4.79 Å². The predicted octanol–water partition coefficient (Wildman–Crippen LogP) is 8.11. The van der Waals surface area contributed by atoms with Gasteiger partial charge in [0.1, 0.15) is 0 Å². The molecule has 2 aliphatic rings. The van der Waals surface area contributed by atoms with Crippen LogP contribution in [-0.4, -0.2) is 16.7 Å². The van der Waals surface area contributed by atoms with Crippen molar-refractivity contribution in [3.05, 3.63) is 127 Å². The lowest BCUT2D eigenvalue weighted by molar-refractivity contribution is 0.253. The van der Waals surface area contributed by atoms with Crippen LogP contribution in [0.15, 0.2) is 98.9 Å². The number of nitrogens with one attached hydrogen (secondary N) is 1. The van der Waals surface area contributed by atoms with Gasteiger partial charge >= 0.3 is 6.03 Å². The van der Waals surface area contributed by atoms with Gasteiger partial charge in [0.25, 0.3) is 0 Å². The molecule has 1 aliphatic carbocycles. The lowest BCUT2D eigenvalue weighted by Gasteiger charge is -2.34. The molecule has 6 heteroatoms. The topological polar surface area (TPSA) is 41.5 Å². The molecule has 36 heavy (non-hydrogen) atoms. The van der Waals surface area contributed by atoms with E-state index in [9.17, 15) is 4.79 Å². The summed E-state index contributed by atoms with van der Waals surface area (Å²) in [5.74, 6) is 0. The van der Waals surface area contributed by atoms with E-state index < -0.39 is 11.4 Å². The fourth-order valence-electron chi connectivity index (χ4n) is 5.45. The lowest BCUT2D eigenvalue weighted by Crippen LogP contribution is -2.34. The van der Waals surface area contributed by atoms with Gasteiger partial charge in [0, 0.05) is 15.4 Å². The van der Waals surface area contributed by atoms with Gasteiger partial charge in [0.05, 0.1) is 16.1 Å². The van der Waals surface area contributed by atoms with Crippen molar-refractivity contribution in [2.24, 2.45) is 4.99 Å². The third kappa shape index (κ3) is 3.71. The Morgan fingerprint density at radius 3 is 1.86 bits per heavy atom. The number of aliphatic imine (C=N–C) groups is 1. The summed E-state index contributed by atoms with van der Waals surface area (Å²) in [6.45, 7) is 2.11. The van der Waals surface area contributed by atoms with Gasteiger partial charge in [-0.25, -0.2) is 4.79 Å². The van der Waals surface area contributed by atoms with Crippen molar-refractivity contribution >= 4 is 60.8 Å². The zero-order chi connectivity index (χ0) is 25.0. The molecule has 0 saturated heterocycles. The molecule has 0 unspecified atom stereocenters. The van der Waals surface area contributed by atoms with Crippen LogP contribution < -0.4 is 5.32 Å². The molecule has 0 fully saturated rings. The van der Waals surface area contributed by atoms with Gasteiger partial charge in [0.2, 0.25) is 0 Å². The minimum atomic E-state index is -0.508. The Balaban J connectivity index is 1.63. The van der Waals surface area contributed by atoms with Crippen molar-refractivity contribution < 1.29 is 4.79 Å². The number of nitrogens with zero attached hydrogens (tertiary/aromatic N) is 1. The lowest BCUT2D eigenvalue weighted by atomic mass is 9.67. The van der Waals surface area contributed by atoms with Gasteiger partial charge in [-0.2, -0.15) is 4.99 Å². The second-order valence-corrected chi connectivity index (χ2v) is 11.5. The summed E-state index contributed by atoms with van der Waals surface area (Å²) < 4.78 is 2.08. The van der Waals surface area contributed by atoms with E-state index in [2.05, 4.69) is 134 Å². The molecule has 0 radical (unpaired) electrons. The maximum absolute atomic E-state index is 11.9. The second kappa shape index (κ2) is 8.87. The number of hydrogen-bond acceptors (Lipinski definition) is 2. The van der Waals surface area contributed by atoms with Crippen LogP contribution in [0.3, 0.4) is 0 Å². The fourth-order valence-corrected chi connectivity index (χ4v) is 6.39. The number of hydrogen-bond donors (Lipinski definition) is 1. The van der Waals surface area contributed by atoms with Crippen LogP contribution in [0.5, 0.6) is 0 Å². The average molecular weight is 616 g/mol. The van der Waals surface area contributed by atoms with Gasteiger partial charge in [-0.05, 0) is 70.1 Å². The number of carbonyl (C=O) groups is 1. The molecule has 6 rings (SSSR count). The van der Waals surface area contributed by atoms with Crippen LogP contribution in [0.25, 0.3) is 11.1 Å². The predicted molar refractivity (Wildman–Crippen MR) is 156 cm³/mol. The molecule has 0 atom stereocenters. The minimum absolute atomic E-state index is 0.408. The van der Waals surface area contributed by atoms with Gasteiger partial charge in [-0.3, -0.25) is 5.32 Å². The number of benzene rings is 4. The van der Waals surface area contributed by atoms with Gasteiger partial charge < -0.3 is 0 Å². The number of thiocarbonyl (C=S) groups is 1. The largest absolute Gasteiger partial charge is 0.346 e. The van der Waals surface area contributed by atoms with E-state index in [-0.39, 0.29) is 0 Å². The number of amides is 2. The zero-order valence-corrected chi connectivity index (χ0v) is 23.3. The van der Waals surface area contributed by atoms with Crippen molar-refractivity contribution in [3.8, 4) is 11.1 Å². The average Bonchev–Trinajstić information content (AvgIpc) is 3.13. The van der Waals surface area contributed by atoms with E-state index in [0.717, 1.165) is 20.1 Å². The van der Waals surface area contributed by atoms with Crippen LogP contribution >= 0.6 is 44.1 Å². The number of rotatable bonds is 3. The molecule has 0 saturated carbocycles. The zero-order valence-electron chi connectivity index (χ0n) is 19.3. The Hall–Kier alpha value is -2.93. The Kier molecular flexibility index (Phi) is 5.78. The van der Waals surface area contributed by atoms with E-state index in [1.807, 2.05) is 0 Å². The highest BCUT2D eigenvalue weighted by atomic mass is 79.9. The molecule has 1 N–H and O–H groups in total. The summed E-state index contributed by atoms with van der Waals surface area (Å²) >= 11 is 12.7. The number of aryl methyl sites for hydroxylation is 1. The molecular weight excluding hydrogens is 596 g/mol. The van der Waals surface area contributed by atoms with Crippen molar-refractivity contribution in [2.45, 2.75) is 18.8 Å². The molecule has 2 amide bonds. The summed E-state index contributed by atoms with van der Waals surface area (Å²) in [6.07, 6.45) is 0.453. The standard InChI is InChI=1S/C30H20Br2N2OS/c1-17-2-6-19(7-3-17)30(20-8-4-18(5-9-20)27-16-28(36)34-29(35)33-27)25-14-21(31)10-12-23(25)24-13-11-22(32)15-26(24)30/h2-15H,16H2,1H3,(H,34,35,36). The highest BCUT2D eigenvalue weighted by Gasteiger charge is 2.46. The van der Waals surface area contributed by atoms with Crippen LogP contribution in [-0.2, 0) is 5.41 Å². The number of urea groups is 1. The van der Waals surface area contributed by atoms with Gasteiger partial charge in [-0.1, -0.05) is 110 Å². The summed E-state index contributed by atoms with van der Waals surface area (Å²) in [7, 11) is 0. The molecule has 1 heterocycles. The molecule has 0 aromatic heterocycles. The van der Waals surface area contributed by atoms with E-state index in [0.29, 0.717) is 17.1 Å². The maximum Gasteiger partial charge on any atom is 0.346 e. The summed E-state index contributed by atoms with van der Waals surface area (Å²) in [5.41, 5.74) is 9.57. The second-order valence-electron chi connectivity index (χ2n) is 9.16. The quantitative estimate of drug-likeness (QED) is 0.208. The van der Waals surface area contributed by atoms with E-state index in [1.165, 1.54) is 33.4 Å². The molecule has 3 nitrogen and oxygen atoms in total. The third-order valence-corrected chi connectivity index (χ3v) is 8.24. The van der Waals surface area contributed by atoms with Crippen molar-refractivity contribution in [3.63, 3.8) is 0 Å². The number of fused-ring (bicyclic) bond motifs is 3. The number of carbonyl (C=O) groups excluding carboxylic acids is 1. The molecule has 176 valence electrons. The van der Waals surface area contributed by atoms with Gasteiger partial charge in [0.15, 0.2) is 0 Å². The SMILES string of the molecule is Cc1ccc(C2(c3ccc(C4=NC(=O)NC(=S)C4)cc3)c3cc(Br)ccc3-c3ccc(Br)cc32)cc1. The van der Waals surface area contributed by atoms with E-state index >= 15 is 0 Å². The minimum Gasteiger partial charge on any atom is -0.300 e. The molecule has 4 aromatic rings. The first kappa shape index (κ1) is 23.5. The summed E-state index contributed by atoms with van der Waals surface area (Å²) in [6, 6.07) is 29.9.